The predicted octanol–water partition coefficient (Wildman–Crippen LogP) is 2.21. The molecule has 0 spiro atoms. The van der Waals surface area contributed by atoms with Crippen LogP contribution in [0.25, 0.3) is 10.4 Å². The number of nitrogens with one attached hydrogen (secondary N) is 1. The molecule has 4 nitrogen and oxygen atoms in total. The topological polar surface area (TPSA) is 68.0 Å². The minimum absolute atomic E-state index is 0.0209. The largest absolute Gasteiger partial charge is 0.289 e. The molecule has 0 radical (unpaired) electrons. The first-order valence-electron chi connectivity index (χ1n) is 4.55. The van der Waals surface area contributed by atoms with Gasteiger partial charge in [0, 0.05) is 5.56 Å². The van der Waals surface area contributed by atoms with Gasteiger partial charge in [-0.25, -0.2) is 15.2 Å². The molecule has 0 bridgehead atoms. The number of nitrogen functional groups attached to an aromatic ring is 1. The molecule has 0 unspecified atom stereocenters. The van der Waals surface area contributed by atoms with Crippen molar-refractivity contribution in [3.05, 3.63) is 40.2 Å². The highest BCUT2D eigenvalue weighted by Crippen LogP contribution is 2.34. The number of benzene rings is 1. The molecular formula is C10H7ClFN3OS. The molecule has 0 fully saturated rings. The number of hydrogen-bond donors (Lipinski definition) is 2. The van der Waals surface area contributed by atoms with E-state index in [-0.39, 0.29) is 15.7 Å². The Labute approximate surface area is 105 Å². The zero-order valence-corrected chi connectivity index (χ0v) is 9.98. The molecule has 0 aliphatic carbocycles. The number of halogens is 2. The van der Waals surface area contributed by atoms with Gasteiger partial charge in [0.25, 0.3) is 5.91 Å². The fourth-order valence-corrected chi connectivity index (χ4v) is 2.48. The highest BCUT2D eigenvalue weighted by Gasteiger charge is 2.20. The molecule has 1 heterocycles. The third-order valence-electron chi connectivity index (χ3n) is 2.07. The summed E-state index contributed by atoms with van der Waals surface area (Å²) in [7, 11) is 0. The number of carbonyl (C=O) groups excluding carboxylic acids is 1. The summed E-state index contributed by atoms with van der Waals surface area (Å²) in [5.74, 6) is 3.98. The van der Waals surface area contributed by atoms with Crippen LogP contribution >= 0.6 is 22.9 Å². The minimum atomic E-state index is -0.605. The van der Waals surface area contributed by atoms with Crippen LogP contribution < -0.4 is 11.3 Å². The lowest BCUT2D eigenvalue weighted by atomic mass is 10.1. The molecule has 0 saturated heterocycles. The fraction of sp³-hybridized carbons (Fsp3) is 0. The van der Waals surface area contributed by atoms with Crippen molar-refractivity contribution in [2.45, 2.75) is 0 Å². The van der Waals surface area contributed by atoms with Crippen LogP contribution in [-0.4, -0.2) is 10.9 Å². The molecular weight excluding hydrogens is 265 g/mol. The molecule has 0 saturated carbocycles. The maximum Gasteiger partial charge on any atom is 0.285 e. The highest BCUT2D eigenvalue weighted by atomic mass is 35.5. The van der Waals surface area contributed by atoms with E-state index in [1.54, 1.807) is 18.2 Å². The van der Waals surface area contributed by atoms with Crippen LogP contribution in [0.15, 0.2) is 24.3 Å². The monoisotopic (exact) mass is 271 g/mol. The smallest absolute Gasteiger partial charge is 0.285 e. The van der Waals surface area contributed by atoms with Crippen LogP contribution in [0.1, 0.15) is 10.5 Å². The molecule has 1 aromatic carbocycles. The normalized spacial score (nSPS) is 10.3. The van der Waals surface area contributed by atoms with Crippen LogP contribution in [-0.2, 0) is 0 Å². The summed E-state index contributed by atoms with van der Waals surface area (Å²) in [4.78, 5) is 15.6. The summed E-state index contributed by atoms with van der Waals surface area (Å²) >= 11 is 6.76. The van der Waals surface area contributed by atoms with Gasteiger partial charge in [-0.15, -0.1) is 11.3 Å². The molecule has 17 heavy (non-hydrogen) atoms. The van der Waals surface area contributed by atoms with Crippen molar-refractivity contribution in [1.82, 2.24) is 10.4 Å². The third kappa shape index (κ3) is 2.28. The Morgan fingerprint density at radius 2 is 2.18 bits per heavy atom. The molecule has 2 aromatic rings. The molecule has 1 aromatic heterocycles. The van der Waals surface area contributed by atoms with Gasteiger partial charge >= 0.3 is 0 Å². The predicted molar refractivity (Wildman–Crippen MR) is 64.2 cm³/mol. The summed E-state index contributed by atoms with van der Waals surface area (Å²) in [6.07, 6.45) is 0. The van der Waals surface area contributed by atoms with E-state index in [1.165, 1.54) is 6.07 Å². The van der Waals surface area contributed by atoms with Crippen molar-refractivity contribution in [1.29, 1.82) is 0 Å². The van der Waals surface area contributed by atoms with Gasteiger partial charge in [-0.3, -0.25) is 10.2 Å². The molecule has 0 aliphatic heterocycles. The Balaban J connectivity index is 2.60. The lowest BCUT2D eigenvalue weighted by molar-refractivity contribution is 0.0950. The van der Waals surface area contributed by atoms with E-state index in [4.69, 9.17) is 17.4 Å². The second-order valence-electron chi connectivity index (χ2n) is 3.10. The van der Waals surface area contributed by atoms with Gasteiger partial charge in [0.05, 0.1) is 4.88 Å². The lowest BCUT2D eigenvalue weighted by Crippen LogP contribution is -2.30. The van der Waals surface area contributed by atoms with Gasteiger partial charge in [0.1, 0.15) is 11.5 Å². The summed E-state index contributed by atoms with van der Waals surface area (Å²) in [6.45, 7) is 0. The maximum atomic E-state index is 13.6. The number of hydrogen-bond acceptors (Lipinski definition) is 4. The van der Waals surface area contributed by atoms with Crippen molar-refractivity contribution in [2.75, 3.05) is 0 Å². The van der Waals surface area contributed by atoms with E-state index in [9.17, 15) is 9.18 Å². The van der Waals surface area contributed by atoms with E-state index in [0.29, 0.717) is 4.88 Å². The van der Waals surface area contributed by atoms with Crippen LogP contribution in [0.4, 0.5) is 4.39 Å². The number of rotatable bonds is 2. The van der Waals surface area contributed by atoms with E-state index < -0.39 is 11.7 Å². The zero-order chi connectivity index (χ0) is 12.4. The molecule has 7 heteroatoms. The summed E-state index contributed by atoms with van der Waals surface area (Å²) in [6, 6.07) is 6.07. The Morgan fingerprint density at radius 1 is 1.47 bits per heavy atom. The minimum Gasteiger partial charge on any atom is -0.289 e. The standard InChI is InChI=1S/C10H7ClFN3OS/c11-10-14-7(9(16)15-13)8(17-10)5-3-1-2-4-6(5)12/h1-4H,13H2,(H,15,16). The van der Waals surface area contributed by atoms with Crippen LogP contribution in [0, 0.1) is 5.82 Å². The Hall–Kier alpha value is -1.50. The van der Waals surface area contributed by atoms with Crippen molar-refractivity contribution >= 4 is 28.8 Å². The number of nitrogens with zero attached hydrogens (tertiary/aromatic N) is 1. The van der Waals surface area contributed by atoms with Crippen LogP contribution in [0.5, 0.6) is 0 Å². The number of carbonyl (C=O) groups is 1. The van der Waals surface area contributed by atoms with E-state index in [1.807, 2.05) is 5.43 Å². The van der Waals surface area contributed by atoms with Gasteiger partial charge in [0.2, 0.25) is 0 Å². The second kappa shape index (κ2) is 4.79. The summed E-state index contributed by atoms with van der Waals surface area (Å²) < 4.78 is 13.8. The highest BCUT2D eigenvalue weighted by molar-refractivity contribution is 7.19. The van der Waals surface area contributed by atoms with E-state index >= 15 is 0 Å². The Bertz CT molecular complexity index is 572. The zero-order valence-electron chi connectivity index (χ0n) is 8.41. The summed E-state index contributed by atoms with van der Waals surface area (Å²) in [5, 5.41) is 0. The first-order chi connectivity index (χ1) is 8.13. The third-order valence-corrected chi connectivity index (χ3v) is 3.26. The van der Waals surface area contributed by atoms with Crippen molar-refractivity contribution in [3.63, 3.8) is 0 Å². The average Bonchev–Trinajstić information content (AvgIpc) is 2.71. The van der Waals surface area contributed by atoms with Crippen molar-refractivity contribution in [3.8, 4) is 10.4 Å². The van der Waals surface area contributed by atoms with Crippen LogP contribution in [0.2, 0.25) is 4.47 Å². The SMILES string of the molecule is NNC(=O)c1nc(Cl)sc1-c1ccccc1F. The number of hydrazine groups is 1. The first-order valence-corrected chi connectivity index (χ1v) is 5.75. The van der Waals surface area contributed by atoms with Gasteiger partial charge in [-0.1, -0.05) is 29.8 Å². The van der Waals surface area contributed by atoms with Gasteiger partial charge in [-0.2, -0.15) is 0 Å². The van der Waals surface area contributed by atoms with Crippen molar-refractivity contribution in [2.24, 2.45) is 5.84 Å². The first kappa shape index (κ1) is 12.0. The lowest BCUT2D eigenvalue weighted by Gasteiger charge is -2.02. The quantitative estimate of drug-likeness (QED) is 0.500. The van der Waals surface area contributed by atoms with E-state index in [2.05, 4.69) is 4.98 Å². The fourth-order valence-electron chi connectivity index (χ4n) is 1.34. The molecule has 88 valence electrons. The number of thiazole rings is 1. The maximum absolute atomic E-state index is 13.6. The van der Waals surface area contributed by atoms with Gasteiger partial charge in [0.15, 0.2) is 4.47 Å². The average molecular weight is 272 g/mol. The van der Waals surface area contributed by atoms with Crippen LogP contribution in [0.3, 0.4) is 0 Å². The van der Waals surface area contributed by atoms with Crippen molar-refractivity contribution < 1.29 is 9.18 Å². The summed E-state index contributed by atoms with van der Waals surface area (Å²) in [5.41, 5.74) is 2.24. The van der Waals surface area contributed by atoms with Gasteiger partial charge < -0.3 is 0 Å². The van der Waals surface area contributed by atoms with Gasteiger partial charge in [-0.05, 0) is 6.07 Å². The molecule has 0 atom stereocenters. The second-order valence-corrected chi connectivity index (χ2v) is 4.68. The Kier molecular flexibility index (Phi) is 3.37. The number of aromatic nitrogens is 1. The molecule has 1 amide bonds. The molecule has 3 N–H and O–H groups in total. The number of amides is 1. The molecule has 2 rings (SSSR count). The van der Waals surface area contributed by atoms with E-state index in [0.717, 1.165) is 11.3 Å². The molecule has 0 aliphatic rings. The Morgan fingerprint density at radius 3 is 2.82 bits per heavy atom. The number of nitrogens with two attached hydrogens (primary N) is 1.